The van der Waals surface area contributed by atoms with Gasteiger partial charge in [-0.25, -0.2) is 0 Å². The van der Waals surface area contributed by atoms with Crippen LogP contribution in [0.1, 0.15) is 95.0 Å². The van der Waals surface area contributed by atoms with Crippen molar-refractivity contribution in [2.45, 2.75) is 88.0 Å². The molecule has 0 unspecified atom stereocenters. The largest absolute Gasteiger partial charge is 0.557 e. The second-order valence-corrected chi connectivity index (χ2v) is 16.3. The van der Waals surface area contributed by atoms with Gasteiger partial charge >= 0.3 is 0 Å². The normalized spacial score (nSPS) is 11.8. The van der Waals surface area contributed by atoms with Gasteiger partial charge in [0.25, 0.3) is 0 Å². The van der Waals surface area contributed by atoms with Crippen molar-refractivity contribution in [1.82, 2.24) is 9.55 Å². The number of ketones is 1. The van der Waals surface area contributed by atoms with E-state index in [1.807, 2.05) is 27.7 Å². The molecule has 0 aliphatic carbocycles. The molecular weight excluding hydrogens is 881 g/mol. The maximum absolute atomic E-state index is 11.0. The standard InChI is InChI=1S/C42H39N2O.C9H16O2.Ir/c1-25(2)33-22-32(30-13-9-8-10-14-30)23-34(26(3)4)41(33)44-38-16-12-11-15-37(38)43-42(44)36-24-45-39-18-17-31(21-35(36)39)40-28(6)19-27(5)20-29(40)7;1-6(2)8(10)5-9(11)7(3)4;/h8-23,25-26H,1-7H3;5-7,10H,1-4H3;/q-1;;/b;8-5-;. The molecule has 0 fully saturated rings. The number of rotatable bonds is 9. The van der Waals surface area contributed by atoms with E-state index in [0.29, 0.717) is 11.8 Å². The molecule has 0 saturated carbocycles. The molecular formula is C51H55IrN2O3-. The number of aromatic nitrogens is 2. The molecule has 7 aromatic rings. The molecule has 5 nitrogen and oxygen atoms in total. The summed E-state index contributed by atoms with van der Waals surface area (Å²) in [5, 5.41) is 10.2. The second-order valence-electron chi connectivity index (χ2n) is 16.3. The summed E-state index contributed by atoms with van der Waals surface area (Å²) in [7, 11) is 0. The van der Waals surface area contributed by atoms with Gasteiger partial charge in [0.15, 0.2) is 5.78 Å². The number of allylic oxidation sites excluding steroid dienone is 2. The fourth-order valence-electron chi connectivity index (χ4n) is 7.45. The smallest absolute Gasteiger partial charge is 0.161 e. The minimum atomic E-state index is -0.0316. The Morgan fingerprint density at radius 3 is 1.89 bits per heavy atom. The molecule has 1 radical (unpaired) electrons. The summed E-state index contributed by atoms with van der Waals surface area (Å²) >= 11 is 0. The SMILES string of the molecule is CC(C)C(=O)/C=C(\O)C(C)C.Cc1cc(C)c(-c2ccc3o[c-]c(-c4nc5ccccc5n4-c4c(C(C)C)cc(-c5ccccc5)cc4C(C)C)c3c2)c(C)c1.[Ir]. The molecule has 5 aromatic carbocycles. The Labute approximate surface area is 352 Å². The van der Waals surface area contributed by atoms with E-state index in [-0.39, 0.29) is 43.5 Å². The molecule has 297 valence electrons. The molecule has 6 heteroatoms. The van der Waals surface area contributed by atoms with E-state index in [2.05, 4.69) is 156 Å². The molecule has 1 N–H and O–H groups in total. The van der Waals surface area contributed by atoms with Crippen molar-refractivity contribution in [1.29, 1.82) is 0 Å². The summed E-state index contributed by atoms with van der Waals surface area (Å²) < 4.78 is 8.48. The van der Waals surface area contributed by atoms with Crippen LogP contribution >= 0.6 is 0 Å². The number of nitrogens with zero attached hydrogens (tertiary/aromatic N) is 2. The molecule has 7 rings (SSSR count). The van der Waals surface area contributed by atoms with Crippen molar-refractivity contribution in [2.75, 3.05) is 0 Å². The molecule has 0 saturated heterocycles. The zero-order valence-electron chi connectivity index (χ0n) is 35.1. The van der Waals surface area contributed by atoms with Crippen molar-refractivity contribution in [3.8, 4) is 39.3 Å². The number of benzene rings is 5. The van der Waals surface area contributed by atoms with Crippen LogP contribution in [0.25, 0.3) is 61.3 Å². The van der Waals surface area contributed by atoms with Crippen molar-refractivity contribution >= 4 is 27.8 Å². The molecule has 0 amide bonds. The molecule has 0 aliphatic heterocycles. The first-order chi connectivity index (χ1) is 26.7. The number of furan rings is 1. The fraction of sp³-hybridized carbons (Fsp3) is 0.294. The Morgan fingerprint density at radius 2 is 1.32 bits per heavy atom. The molecule has 2 aromatic heterocycles. The monoisotopic (exact) mass is 936 g/mol. The Balaban J connectivity index is 0.000000454. The number of carbonyl (C=O) groups excluding carboxylic acids is 1. The van der Waals surface area contributed by atoms with Gasteiger partial charge in [-0.05, 0) is 101 Å². The van der Waals surface area contributed by atoms with Gasteiger partial charge in [0.2, 0.25) is 0 Å². The van der Waals surface area contributed by atoms with Crippen LogP contribution in [0.4, 0.5) is 0 Å². The van der Waals surface area contributed by atoms with Crippen LogP contribution in [0.2, 0.25) is 0 Å². The third-order valence-electron chi connectivity index (χ3n) is 10.5. The summed E-state index contributed by atoms with van der Waals surface area (Å²) in [5.74, 6) is 1.59. The average Bonchev–Trinajstić information content (AvgIpc) is 3.75. The van der Waals surface area contributed by atoms with Crippen molar-refractivity contribution in [3.05, 3.63) is 143 Å². The molecule has 0 aliphatic rings. The minimum absolute atomic E-state index is 0. The van der Waals surface area contributed by atoms with Crippen molar-refractivity contribution in [2.24, 2.45) is 11.8 Å². The first-order valence-electron chi connectivity index (χ1n) is 19.8. The number of aliphatic hydroxyl groups excluding tert-OH is 1. The van der Waals surface area contributed by atoms with Gasteiger partial charge in [-0.2, -0.15) is 0 Å². The van der Waals surface area contributed by atoms with E-state index in [0.717, 1.165) is 33.4 Å². The van der Waals surface area contributed by atoms with E-state index in [9.17, 15) is 9.90 Å². The number of para-hydroxylation sites is 2. The zero-order chi connectivity index (χ0) is 40.4. The minimum Gasteiger partial charge on any atom is -0.557 e. The number of carbonyl (C=O) groups is 1. The number of imidazole rings is 1. The van der Waals surface area contributed by atoms with Crippen LogP contribution in [-0.2, 0) is 24.9 Å². The predicted octanol–water partition coefficient (Wildman–Crippen LogP) is 14.1. The Morgan fingerprint density at radius 1 is 0.719 bits per heavy atom. The van der Waals surface area contributed by atoms with E-state index >= 15 is 0 Å². The Bertz CT molecular complexity index is 2500. The van der Waals surface area contributed by atoms with Crippen molar-refractivity contribution < 1.29 is 34.4 Å². The van der Waals surface area contributed by atoms with Crippen molar-refractivity contribution in [3.63, 3.8) is 0 Å². The van der Waals surface area contributed by atoms with E-state index in [1.165, 1.54) is 61.8 Å². The Kier molecular flexibility index (Phi) is 13.6. The van der Waals surface area contributed by atoms with E-state index < -0.39 is 0 Å². The van der Waals surface area contributed by atoms with E-state index in [1.54, 1.807) is 0 Å². The van der Waals surface area contributed by atoms with Crippen LogP contribution in [0, 0.1) is 38.9 Å². The number of aryl methyl sites for hydroxylation is 3. The third kappa shape index (κ3) is 9.09. The van der Waals surface area contributed by atoms with Crippen LogP contribution in [0.15, 0.2) is 113 Å². The number of aliphatic hydroxyl groups is 1. The zero-order valence-corrected chi connectivity index (χ0v) is 37.5. The van der Waals surface area contributed by atoms with Gasteiger partial charge in [-0.3, -0.25) is 9.78 Å². The van der Waals surface area contributed by atoms with Crippen LogP contribution in [0.3, 0.4) is 0 Å². The van der Waals surface area contributed by atoms with Gasteiger partial charge in [0, 0.05) is 55.6 Å². The molecule has 0 spiro atoms. The maximum atomic E-state index is 11.0. The second kappa shape index (κ2) is 18.0. The number of hydrogen-bond acceptors (Lipinski definition) is 4. The van der Waals surface area contributed by atoms with Gasteiger partial charge in [-0.1, -0.05) is 145 Å². The van der Waals surface area contributed by atoms with Gasteiger partial charge in [0.05, 0.1) is 22.6 Å². The number of hydrogen-bond donors (Lipinski definition) is 1. The van der Waals surface area contributed by atoms with Crippen LogP contribution in [0.5, 0.6) is 0 Å². The van der Waals surface area contributed by atoms with Gasteiger partial charge in [0.1, 0.15) is 0 Å². The summed E-state index contributed by atoms with van der Waals surface area (Å²) in [4.78, 5) is 16.3. The summed E-state index contributed by atoms with van der Waals surface area (Å²) in [5.41, 5.74) is 16.2. The molecule has 0 atom stereocenters. The van der Waals surface area contributed by atoms with Gasteiger partial charge < -0.3 is 14.1 Å². The maximum Gasteiger partial charge on any atom is 0.161 e. The number of fused-ring (bicyclic) bond motifs is 2. The first kappa shape index (κ1) is 43.1. The Hall–Kier alpha value is -5.03. The predicted molar refractivity (Wildman–Crippen MR) is 234 cm³/mol. The topological polar surface area (TPSA) is 68.3 Å². The van der Waals surface area contributed by atoms with E-state index in [4.69, 9.17) is 9.40 Å². The third-order valence-corrected chi connectivity index (χ3v) is 10.5. The molecule has 2 heterocycles. The average molecular weight is 936 g/mol. The fourth-order valence-corrected chi connectivity index (χ4v) is 7.45. The molecule has 57 heavy (non-hydrogen) atoms. The molecule has 0 bridgehead atoms. The summed E-state index contributed by atoms with van der Waals surface area (Å²) in [6.45, 7) is 23.0. The van der Waals surface area contributed by atoms with Crippen LogP contribution < -0.4 is 0 Å². The van der Waals surface area contributed by atoms with Crippen LogP contribution in [-0.4, -0.2) is 20.4 Å². The summed E-state index contributed by atoms with van der Waals surface area (Å²) in [6.07, 6.45) is 4.61. The first-order valence-corrected chi connectivity index (χ1v) is 19.8. The van der Waals surface area contributed by atoms with Gasteiger partial charge in [-0.15, -0.1) is 0 Å². The quantitative estimate of drug-likeness (QED) is 0.0889. The summed E-state index contributed by atoms with van der Waals surface area (Å²) in [6, 6.07) is 34.9.